The fourth-order valence-electron chi connectivity index (χ4n) is 1.92. The van der Waals surface area contributed by atoms with Gasteiger partial charge in [0.05, 0.1) is 12.7 Å². The number of hydrogen-bond acceptors (Lipinski definition) is 3. The van der Waals surface area contributed by atoms with Crippen LogP contribution in [0.3, 0.4) is 0 Å². The lowest BCUT2D eigenvalue weighted by Crippen LogP contribution is -1.91. The van der Waals surface area contributed by atoms with Crippen LogP contribution < -0.4 is 4.74 Å². The molecular weight excluding hydrogens is 216 g/mol. The minimum Gasteiger partial charge on any atom is -0.507 e. The van der Waals surface area contributed by atoms with E-state index in [2.05, 4.69) is 0 Å². The summed E-state index contributed by atoms with van der Waals surface area (Å²) in [6.07, 6.45) is 0. The molecule has 17 heavy (non-hydrogen) atoms. The van der Waals surface area contributed by atoms with Gasteiger partial charge in [-0.2, -0.15) is 0 Å². The molecule has 2 aromatic carbocycles. The molecule has 0 heterocycles. The maximum atomic E-state index is 9.93. The van der Waals surface area contributed by atoms with E-state index in [-0.39, 0.29) is 11.5 Å². The SMILES string of the molecule is COc1cccc(O)c1-c1c(C)cccc1O. The Morgan fingerprint density at radius 2 is 1.47 bits per heavy atom. The molecule has 2 aromatic rings. The number of aromatic hydroxyl groups is 2. The van der Waals surface area contributed by atoms with Gasteiger partial charge in [0, 0.05) is 5.56 Å². The molecule has 0 fully saturated rings. The monoisotopic (exact) mass is 230 g/mol. The number of ether oxygens (including phenoxy) is 1. The molecular formula is C14H14O3. The van der Waals surface area contributed by atoms with E-state index in [1.807, 2.05) is 13.0 Å². The first-order valence-electron chi connectivity index (χ1n) is 5.30. The van der Waals surface area contributed by atoms with Gasteiger partial charge < -0.3 is 14.9 Å². The molecule has 2 N–H and O–H groups in total. The maximum absolute atomic E-state index is 9.93. The summed E-state index contributed by atoms with van der Waals surface area (Å²) in [5.74, 6) is 0.758. The van der Waals surface area contributed by atoms with Gasteiger partial charge in [0.1, 0.15) is 17.2 Å². The second-order valence-electron chi connectivity index (χ2n) is 3.82. The number of rotatable bonds is 2. The molecule has 0 bridgehead atoms. The van der Waals surface area contributed by atoms with Gasteiger partial charge in [-0.1, -0.05) is 18.2 Å². The molecule has 0 atom stereocenters. The molecule has 0 aliphatic heterocycles. The van der Waals surface area contributed by atoms with Crippen molar-refractivity contribution in [3.8, 4) is 28.4 Å². The molecule has 0 saturated carbocycles. The minimum absolute atomic E-state index is 0.0916. The van der Waals surface area contributed by atoms with Crippen molar-refractivity contribution in [1.82, 2.24) is 0 Å². The average molecular weight is 230 g/mol. The highest BCUT2D eigenvalue weighted by Gasteiger charge is 2.16. The van der Waals surface area contributed by atoms with Crippen LogP contribution in [-0.4, -0.2) is 17.3 Å². The predicted octanol–water partition coefficient (Wildman–Crippen LogP) is 3.08. The zero-order valence-corrected chi connectivity index (χ0v) is 9.77. The third-order valence-electron chi connectivity index (χ3n) is 2.72. The molecule has 0 aliphatic carbocycles. The van der Waals surface area contributed by atoms with E-state index in [1.54, 1.807) is 30.3 Å². The quantitative estimate of drug-likeness (QED) is 0.833. The van der Waals surface area contributed by atoms with E-state index in [9.17, 15) is 10.2 Å². The summed E-state index contributed by atoms with van der Waals surface area (Å²) >= 11 is 0. The Morgan fingerprint density at radius 3 is 2.06 bits per heavy atom. The van der Waals surface area contributed by atoms with Crippen LogP contribution >= 0.6 is 0 Å². The van der Waals surface area contributed by atoms with Crippen molar-refractivity contribution in [2.24, 2.45) is 0 Å². The van der Waals surface area contributed by atoms with E-state index in [1.165, 1.54) is 7.11 Å². The number of phenols is 2. The van der Waals surface area contributed by atoms with Crippen LogP contribution in [0.15, 0.2) is 36.4 Å². The van der Waals surface area contributed by atoms with E-state index >= 15 is 0 Å². The van der Waals surface area contributed by atoms with Crippen LogP contribution in [0.25, 0.3) is 11.1 Å². The number of methoxy groups -OCH3 is 1. The predicted molar refractivity (Wildman–Crippen MR) is 66.5 cm³/mol. The second-order valence-corrected chi connectivity index (χ2v) is 3.82. The van der Waals surface area contributed by atoms with Crippen LogP contribution in [0.5, 0.6) is 17.2 Å². The minimum atomic E-state index is 0.0916. The van der Waals surface area contributed by atoms with Crippen molar-refractivity contribution in [1.29, 1.82) is 0 Å². The Bertz CT molecular complexity index is 527. The molecule has 0 unspecified atom stereocenters. The van der Waals surface area contributed by atoms with Crippen molar-refractivity contribution in [3.63, 3.8) is 0 Å². The van der Waals surface area contributed by atoms with Gasteiger partial charge in [-0.3, -0.25) is 0 Å². The molecule has 0 aromatic heterocycles. The Labute approximate surface area is 99.9 Å². The molecule has 88 valence electrons. The fourth-order valence-corrected chi connectivity index (χ4v) is 1.92. The lowest BCUT2D eigenvalue weighted by atomic mass is 9.98. The van der Waals surface area contributed by atoms with Crippen LogP contribution in [-0.2, 0) is 0 Å². The van der Waals surface area contributed by atoms with E-state index in [0.717, 1.165) is 5.56 Å². The van der Waals surface area contributed by atoms with Gasteiger partial charge in [-0.25, -0.2) is 0 Å². The van der Waals surface area contributed by atoms with Gasteiger partial charge in [-0.15, -0.1) is 0 Å². The van der Waals surface area contributed by atoms with Crippen LogP contribution in [0.4, 0.5) is 0 Å². The molecule has 0 aliphatic rings. The molecule has 0 amide bonds. The number of benzene rings is 2. The van der Waals surface area contributed by atoms with E-state index in [0.29, 0.717) is 16.9 Å². The summed E-state index contributed by atoms with van der Waals surface area (Å²) in [5.41, 5.74) is 2.00. The summed E-state index contributed by atoms with van der Waals surface area (Å²) in [6.45, 7) is 1.88. The van der Waals surface area contributed by atoms with Gasteiger partial charge >= 0.3 is 0 Å². The molecule has 2 rings (SSSR count). The van der Waals surface area contributed by atoms with Crippen molar-refractivity contribution >= 4 is 0 Å². The fraction of sp³-hybridized carbons (Fsp3) is 0.143. The zero-order valence-electron chi connectivity index (χ0n) is 9.77. The van der Waals surface area contributed by atoms with Gasteiger partial charge in [0.15, 0.2) is 0 Å². The first-order chi connectivity index (χ1) is 8.15. The Kier molecular flexibility index (Phi) is 2.91. The summed E-state index contributed by atoms with van der Waals surface area (Å²) in [6, 6.07) is 10.3. The average Bonchev–Trinajstić information content (AvgIpc) is 2.30. The standard InChI is InChI=1S/C14H14O3/c1-9-5-3-6-10(15)13(9)14-11(16)7-4-8-12(14)17-2/h3-8,15-16H,1-2H3. The maximum Gasteiger partial charge on any atom is 0.130 e. The van der Waals surface area contributed by atoms with Gasteiger partial charge in [-0.05, 0) is 30.7 Å². The largest absolute Gasteiger partial charge is 0.507 e. The van der Waals surface area contributed by atoms with Gasteiger partial charge in [0.25, 0.3) is 0 Å². The third-order valence-corrected chi connectivity index (χ3v) is 2.72. The zero-order chi connectivity index (χ0) is 12.4. The molecule has 0 radical (unpaired) electrons. The van der Waals surface area contributed by atoms with E-state index in [4.69, 9.17) is 4.74 Å². The van der Waals surface area contributed by atoms with Crippen LogP contribution in [0, 0.1) is 6.92 Å². The highest BCUT2D eigenvalue weighted by molar-refractivity contribution is 5.82. The second kappa shape index (κ2) is 4.37. The Balaban J connectivity index is 2.76. The molecule has 3 nitrogen and oxygen atoms in total. The number of phenolic OH excluding ortho intramolecular Hbond substituents is 2. The van der Waals surface area contributed by atoms with Gasteiger partial charge in [0.2, 0.25) is 0 Å². The Hall–Kier alpha value is -2.16. The van der Waals surface area contributed by atoms with Crippen molar-refractivity contribution in [2.75, 3.05) is 7.11 Å². The first-order valence-corrected chi connectivity index (χ1v) is 5.30. The highest BCUT2D eigenvalue weighted by atomic mass is 16.5. The summed E-state index contributed by atoms with van der Waals surface area (Å²) in [5, 5.41) is 19.9. The van der Waals surface area contributed by atoms with Crippen molar-refractivity contribution in [3.05, 3.63) is 42.0 Å². The molecule has 3 heteroatoms. The Morgan fingerprint density at radius 1 is 0.882 bits per heavy atom. The van der Waals surface area contributed by atoms with Crippen molar-refractivity contribution in [2.45, 2.75) is 6.92 Å². The lowest BCUT2D eigenvalue weighted by molar-refractivity contribution is 0.409. The normalized spacial score (nSPS) is 10.2. The molecule has 0 spiro atoms. The van der Waals surface area contributed by atoms with Crippen LogP contribution in [0.2, 0.25) is 0 Å². The summed E-state index contributed by atoms with van der Waals surface area (Å²) in [4.78, 5) is 0. The third kappa shape index (κ3) is 1.91. The summed E-state index contributed by atoms with van der Waals surface area (Å²) < 4.78 is 5.22. The van der Waals surface area contributed by atoms with Crippen LogP contribution in [0.1, 0.15) is 5.56 Å². The summed E-state index contributed by atoms with van der Waals surface area (Å²) in [7, 11) is 1.54. The molecule has 0 saturated heterocycles. The van der Waals surface area contributed by atoms with E-state index < -0.39 is 0 Å². The number of aryl methyl sites for hydroxylation is 1. The highest BCUT2D eigenvalue weighted by Crippen LogP contribution is 2.43. The first kappa shape index (κ1) is 11.3. The lowest BCUT2D eigenvalue weighted by Gasteiger charge is -2.13. The smallest absolute Gasteiger partial charge is 0.130 e. The topological polar surface area (TPSA) is 49.7 Å². The van der Waals surface area contributed by atoms with Crippen molar-refractivity contribution < 1.29 is 14.9 Å². The number of hydrogen-bond donors (Lipinski definition) is 2.